The molecule has 0 amide bonds. The van der Waals surface area contributed by atoms with E-state index in [-0.39, 0.29) is 16.9 Å². The third kappa shape index (κ3) is 4.32. The summed E-state index contributed by atoms with van der Waals surface area (Å²) in [6.07, 6.45) is 1.68. The quantitative estimate of drug-likeness (QED) is 0.292. The van der Waals surface area contributed by atoms with Gasteiger partial charge >= 0.3 is 5.97 Å². The highest BCUT2D eigenvalue weighted by Gasteiger charge is 2.20. The highest BCUT2D eigenvalue weighted by atomic mass is 35.5. The largest absolute Gasteiger partial charge is 0.420 e. The van der Waals surface area contributed by atoms with E-state index in [0.29, 0.717) is 33.1 Å². The van der Waals surface area contributed by atoms with Crippen molar-refractivity contribution in [3.05, 3.63) is 118 Å². The van der Waals surface area contributed by atoms with Crippen molar-refractivity contribution in [3.8, 4) is 28.3 Å². The van der Waals surface area contributed by atoms with Crippen LogP contribution in [0.5, 0.6) is 5.75 Å². The molecule has 0 aliphatic rings. The van der Waals surface area contributed by atoms with E-state index in [4.69, 9.17) is 26.3 Å². The predicted octanol–water partition coefficient (Wildman–Crippen LogP) is 6.07. The number of aromatic amines is 1. The molecule has 1 N–H and O–H groups in total. The third-order valence-corrected chi connectivity index (χ3v) is 6.11. The maximum atomic E-state index is 12.8. The van der Waals surface area contributed by atoms with Gasteiger partial charge in [0.2, 0.25) is 0 Å². The van der Waals surface area contributed by atoms with Gasteiger partial charge in [0.1, 0.15) is 5.52 Å². The summed E-state index contributed by atoms with van der Waals surface area (Å²) in [5.74, 6) is -0.600. The molecule has 6 rings (SSSR count). The van der Waals surface area contributed by atoms with Crippen molar-refractivity contribution in [2.45, 2.75) is 0 Å². The van der Waals surface area contributed by atoms with E-state index in [2.05, 4.69) is 9.97 Å². The van der Waals surface area contributed by atoms with Gasteiger partial charge in [-0.05, 0) is 30.3 Å². The zero-order chi connectivity index (χ0) is 25.4. The van der Waals surface area contributed by atoms with Crippen LogP contribution in [0.25, 0.3) is 44.6 Å². The van der Waals surface area contributed by atoms with E-state index in [1.807, 2.05) is 48.5 Å². The number of esters is 1. The van der Waals surface area contributed by atoms with Gasteiger partial charge in [-0.25, -0.2) is 14.8 Å². The Morgan fingerprint density at radius 2 is 1.51 bits per heavy atom. The number of carbonyl (C=O) groups is 1. The molecule has 6 aromatic rings. The topological polar surface area (TPSA) is 97.8 Å². The second kappa shape index (κ2) is 9.29. The van der Waals surface area contributed by atoms with Crippen molar-refractivity contribution in [2.24, 2.45) is 0 Å². The van der Waals surface area contributed by atoms with Gasteiger partial charge in [-0.2, -0.15) is 0 Å². The summed E-state index contributed by atoms with van der Waals surface area (Å²) in [5, 5.41) is 1.30. The Balaban J connectivity index is 1.60. The normalized spacial score (nSPS) is 11.1. The number of rotatable bonds is 4. The van der Waals surface area contributed by atoms with Crippen molar-refractivity contribution in [2.75, 3.05) is 0 Å². The van der Waals surface area contributed by atoms with E-state index in [9.17, 15) is 9.59 Å². The molecule has 0 aliphatic carbocycles. The molecule has 0 fully saturated rings. The summed E-state index contributed by atoms with van der Waals surface area (Å²) in [6, 6.07) is 26.7. The van der Waals surface area contributed by atoms with Crippen LogP contribution >= 0.6 is 11.6 Å². The maximum absolute atomic E-state index is 12.8. The lowest BCUT2D eigenvalue weighted by Gasteiger charge is -2.13. The number of hydrogen-bond acceptors (Lipinski definition) is 6. The van der Waals surface area contributed by atoms with E-state index in [1.165, 1.54) is 6.07 Å². The van der Waals surface area contributed by atoms with Crippen molar-refractivity contribution in [3.63, 3.8) is 0 Å². The first-order valence-electron chi connectivity index (χ1n) is 11.4. The van der Waals surface area contributed by atoms with Crippen molar-refractivity contribution in [1.82, 2.24) is 19.9 Å². The fourth-order valence-electron chi connectivity index (χ4n) is 4.13. The van der Waals surface area contributed by atoms with Crippen molar-refractivity contribution < 1.29 is 9.53 Å². The van der Waals surface area contributed by atoms with Crippen LogP contribution in [-0.2, 0) is 0 Å². The summed E-state index contributed by atoms with van der Waals surface area (Å²) in [6.45, 7) is 0. The number of hydrogen-bond donors (Lipinski definition) is 1. The van der Waals surface area contributed by atoms with Crippen molar-refractivity contribution in [1.29, 1.82) is 0 Å². The molecule has 8 heteroatoms. The molecule has 0 bridgehead atoms. The minimum absolute atomic E-state index is 0.00881. The van der Waals surface area contributed by atoms with Crippen LogP contribution in [0.1, 0.15) is 10.4 Å². The van der Waals surface area contributed by atoms with Gasteiger partial charge in [0.05, 0.1) is 27.5 Å². The molecule has 7 nitrogen and oxygen atoms in total. The van der Waals surface area contributed by atoms with Crippen LogP contribution in [0.15, 0.2) is 102 Å². The second-order valence-corrected chi connectivity index (χ2v) is 8.68. The first-order chi connectivity index (χ1) is 18.1. The average Bonchev–Trinajstić information content (AvgIpc) is 2.93. The molecule has 3 aromatic heterocycles. The Labute approximate surface area is 215 Å². The summed E-state index contributed by atoms with van der Waals surface area (Å²) in [7, 11) is 0. The van der Waals surface area contributed by atoms with Gasteiger partial charge in [0.25, 0.3) is 5.56 Å². The molecule has 3 heterocycles. The summed E-state index contributed by atoms with van der Waals surface area (Å²) >= 11 is 6.59. The van der Waals surface area contributed by atoms with Crippen LogP contribution < -0.4 is 10.3 Å². The Hall–Kier alpha value is -4.88. The number of pyridine rings is 2. The van der Waals surface area contributed by atoms with Gasteiger partial charge in [0, 0.05) is 28.8 Å². The van der Waals surface area contributed by atoms with Gasteiger partial charge in [-0.1, -0.05) is 66.2 Å². The zero-order valence-electron chi connectivity index (χ0n) is 19.2. The molecule has 0 unspecified atom stereocenters. The SMILES string of the molecule is O=C(Oc1cc(=O)[nH]c2nc(-c3ccccc3)c(-c3cc(Cl)c4ncccc4c3)nc12)c1ccccc1. The number of halogens is 1. The summed E-state index contributed by atoms with van der Waals surface area (Å²) < 4.78 is 5.63. The van der Waals surface area contributed by atoms with E-state index in [0.717, 1.165) is 10.9 Å². The van der Waals surface area contributed by atoms with Crippen LogP contribution in [0, 0.1) is 0 Å². The van der Waals surface area contributed by atoms with Gasteiger partial charge < -0.3 is 9.72 Å². The maximum Gasteiger partial charge on any atom is 0.343 e. The number of benzene rings is 3. The van der Waals surface area contributed by atoms with E-state index < -0.39 is 11.5 Å². The van der Waals surface area contributed by atoms with Crippen LogP contribution in [0.4, 0.5) is 0 Å². The lowest BCUT2D eigenvalue weighted by atomic mass is 10.0. The summed E-state index contributed by atoms with van der Waals surface area (Å²) in [5.41, 5.74) is 3.52. The number of aromatic nitrogens is 4. The van der Waals surface area contributed by atoms with Crippen molar-refractivity contribution >= 4 is 39.6 Å². The molecule has 3 aromatic carbocycles. The molecule has 0 saturated heterocycles. The molecule has 37 heavy (non-hydrogen) atoms. The number of nitrogens with zero attached hydrogens (tertiary/aromatic N) is 3. The highest BCUT2D eigenvalue weighted by molar-refractivity contribution is 6.35. The Morgan fingerprint density at radius 1 is 0.784 bits per heavy atom. The molecule has 0 radical (unpaired) electrons. The fraction of sp³-hybridized carbons (Fsp3) is 0. The first kappa shape index (κ1) is 22.6. The number of H-pyrrole nitrogens is 1. The average molecular weight is 505 g/mol. The molecule has 0 saturated carbocycles. The van der Waals surface area contributed by atoms with Gasteiger partial charge in [0.15, 0.2) is 11.4 Å². The smallest absolute Gasteiger partial charge is 0.343 e. The third-order valence-electron chi connectivity index (χ3n) is 5.82. The molecular formula is C29H17ClN4O3. The number of ether oxygens (including phenoxy) is 1. The molecule has 0 atom stereocenters. The minimum Gasteiger partial charge on any atom is -0.420 e. The first-order valence-corrected chi connectivity index (χ1v) is 11.8. The number of carbonyl (C=O) groups excluding carboxylic acids is 1. The Bertz CT molecular complexity index is 1860. The molecule has 178 valence electrons. The lowest BCUT2D eigenvalue weighted by molar-refractivity contribution is 0.0736. The van der Waals surface area contributed by atoms with Crippen LogP contribution in [0.2, 0.25) is 5.02 Å². The fourth-order valence-corrected chi connectivity index (χ4v) is 4.40. The Kier molecular flexibility index (Phi) is 5.67. The van der Waals surface area contributed by atoms with E-state index >= 15 is 0 Å². The lowest BCUT2D eigenvalue weighted by Crippen LogP contribution is -2.14. The second-order valence-electron chi connectivity index (χ2n) is 8.27. The van der Waals surface area contributed by atoms with Gasteiger partial charge in [-0.15, -0.1) is 0 Å². The standard InChI is InChI=1S/C29H17ClN4O3/c30-21-15-20(14-19-12-7-13-31-24(19)21)26-25(17-8-3-1-4-9-17)34-28-27(33-26)22(16-23(35)32-28)37-29(36)18-10-5-2-6-11-18/h1-16H,(H,32,34,35). The van der Waals surface area contributed by atoms with Crippen LogP contribution in [-0.4, -0.2) is 25.9 Å². The molecular weight excluding hydrogens is 488 g/mol. The predicted molar refractivity (Wildman–Crippen MR) is 143 cm³/mol. The van der Waals surface area contributed by atoms with E-state index in [1.54, 1.807) is 42.6 Å². The number of nitrogens with one attached hydrogen (secondary N) is 1. The van der Waals surface area contributed by atoms with Crippen LogP contribution in [0.3, 0.4) is 0 Å². The Morgan fingerprint density at radius 3 is 2.30 bits per heavy atom. The highest BCUT2D eigenvalue weighted by Crippen LogP contribution is 2.36. The minimum atomic E-state index is -0.609. The van der Waals surface area contributed by atoms with Gasteiger partial charge in [-0.3, -0.25) is 9.78 Å². The molecule has 0 spiro atoms. The number of fused-ring (bicyclic) bond motifs is 2. The monoisotopic (exact) mass is 504 g/mol. The summed E-state index contributed by atoms with van der Waals surface area (Å²) in [4.78, 5) is 42.0. The molecule has 0 aliphatic heterocycles. The zero-order valence-corrected chi connectivity index (χ0v) is 19.9.